The van der Waals surface area contributed by atoms with Gasteiger partial charge in [0.05, 0.1) is 6.26 Å². The van der Waals surface area contributed by atoms with Crippen LogP contribution in [0.25, 0.3) is 0 Å². The van der Waals surface area contributed by atoms with E-state index in [1.165, 1.54) is 21.7 Å². The third-order valence-corrected chi connectivity index (χ3v) is 5.51. The van der Waals surface area contributed by atoms with E-state index in [0.717, 1.165) is 13.0 Å². The monoisotopic (exact) mass is 340 g/mol. The van der Waals surface area contributed by atoms with Crippen LogP contribution in [-0.2, 0) is 15.4 Å². The van der Waals surface area contributed by atoms with Crippen molar-refractivity contribution in [3.05, 3.63) is 35.4 Å². The summed E-state index contributed by atoms with van der Waals surface area (Å²) in [6, 6.07) is 8.99. The van der Waals surface area contributed by atoms with Crippen molar-refractivity contribution in [3.8, 4) is 0 Å². The zero-order valence-electron chi connectivity index (χ0n) is 15.4. The highest BCUT2D eigenvalue weighted by Gasteiger charge is 2.15. The normalized spacial score (nSPS) is 14.2. The molecular formula is C18H32N2O2S. The number of rotatable bonds is 8. The SMILES string of the molecule is CCN(CCCNC(C)c1ccc(C(C)(C)C)cc1)S(C)(=O)=O. The first-order chi connectivity index (χ1) is 10.6. The average molecular weight is 341 g/mol. The molecule has 23 heavy (non-hydrogen) atoms. The Morgan fingerprint density at radius 3 is 2.17 bits per heavy atom. The molecule has 1 atom stereocenters. The maximum atomic E-state index is 11.5. The molecular weight excluding hydrogens is 308 g/mol. The van der Waals surface area contributed by atoms with Crippen LogP contribution in [0, 0.1) is 0 Å². The minimum Gasteiger partial charge on any atom is -0.310 e. The van der Waals surface area contributed by atoms with Gasteiger partial charge in [0.15, 0.2) is 0 Å². The zero-order chi connectivity index (χ0) is 17.7. The van der Waals surface area contributed by atoms with Crippen molar-refractivity contribution in [2.24, 2.45) is 0 Å². The topological polar surface area (TPSA) is 49.4 Å². The lowest BCUT2D eigenvalue weighted by Crippen LogP contribution is -2.32. The second kappa shape index (κ2) is 8.27. The second-order valence-corrected chi connectivity index (χ2v) is 9.14. The fourth-order valence-electron chi connectivity index (χ4n) is 2.52. The minimum atomic E-state index is -3.08. The molecule has 1 aromatic rings. The maximum Gasteiger partial charge on any atom is 0.211 e. The molecule has 0 aliphatic carbocycles. The van der Waals surface area contributed by atoms with Crippen LogP contribution in [0.3, 0.4) is 0 Å². The lowest BCUT2D eigenvalue weighted by Gasteiger charge is -2.21. The van der Waals surface area contributed by atoms with E-state index < -0.39 is 10.0 Å². The van der Waals surface area contributed by atoms with Gasteiger partial charge in [-0.2, -0.15) is 0 Å². The van der Waals surface area contributed by atoms with Gasteiger partial charge < -0.3 is 5.32 Å². The molecule has 0 bridgehead atoms. The molecule has 132 valence electrons. The molecule has 0 aromatic heterocycles. The van der Waals surface area contributed by atoms with E-state index in [1.54, 1.807) is 0 Å². The lowest BCUT2D eigenvalue weighted by atomic mass is 9.86. The molecule has 0 heterocycles. The lowest BCUT2D eigenvalue weighted by molar-refractivity contribution is 0.413. The van der Waals surface area contributed by atoms with Crippen molar-refractivity contribution in [3.63, 3.8) is 0 Å². The summed E-state index contributed by atoms with van der Waals surface area (Å²) in [5.41, 5.74) is 2.76. The van der Waals surface area contributed by atoms with Crippen molar-refractivity contribution in [2.45, 2.75) is 52.5 Å². The molecule has 1 N–H and O–H groups in total. The Hall–Kier alpha value is -0.910. The van der Waals surface area contributed by atoms with Crippen LogP contribution in [0.1, 0.15) is 58.2 Å². The Morgan fingerprint density at radius 2 is 1.74 bits per heavy atom. The highest BCUT2D eigenvalue weighted by molar-refractivity contribution is 7.88. The molecule has 0 amide bonds. The van der Waals surface area contributed by atoms with Crippen LogP contribution in [0.4, 0.5) is 0 Å². The Labute approximate surface area is 142 Å². The van der Waals surface area contributed by atoms with Gasteiger partial charge in [0, 0.05) is 19.1 Å². The smallest absolute Gasteiger partial charge is 0.211 e. The van der Waals surface area contributed by atoms with Gasteiger partial charge in [0.2, 0.25) is 10.0 Å². The Bertz CT molecular complexity index is 574. The summed E-state index contributed by atoms with van der Waals surface area (Å²) in [5.74, 6) is 0. The highest BCUT2D eigenvalue weighted by Crippen LogP contribution is 2.23. The molecule has 0 aliphatic rings. The van der Waals surface area contributed by atoms with E-state index in [-0.39, 0.29) is 11.5 Å². The maximum absolute atomic E-state index is 11.5. The molecule has 1 unspecified atom stereocenters. The van der Waals surface area contributed by atoms with E-state index >= 15 is 0 Å². The first kappa shape index (κ1) is 20.1. The largest absolute Gasteiger partial charge is 0.310 e. The van der Waals surface area contributed by atoms with Crippen LogP contribution in [0.5, 0.6) is 0 Å². The third-order valence-electron chi connectivity index (χ3n) is 4.13. The zero-order valence-corrected chi connectivity index (χ0v) is 16.2. The summed E-state index contributed by atoms with van der Waals surface area (Å²) in [5, 5.41) is 3.47. The van der Waals surface area contributed by atoms with Gasteiger partial charge in [-0.15, -0.1) is 0 Å². The molecule has 1 aromatic carbocycles. The van der Waals surface area contributed by atoms with E-state index in [2.05, 4.69) is 57.3 Å². The summed E-state index contributed by atoms with van der Waals surface area (Å²) in [4.78, 5) is 0. The summed E-state index contributed by atoms with van der Waals surface area (Å²) in [6.07, 6.45) is 2.08. The van der Waals surface area contributed by atoms with Gasteiger partial charge in [0.25, 0.3) is 0 Å². The number of hydrogen-bond donors (Lipinski definition) is 1. The van der Waals surface area contributed by atoms with Gasteiger partial charge in [-0.3, -0.25) is 0 Å². The number of nitrogens with one attached hydrogen (secondary N) is 1. The number of nitrogens with zero attached hydrogens (tertiary/aromatic N) is 1. The first-order valence-electron chi connectivity index (χ1n) is 8.34. The number of hydrogen-bond acceptors (Lipinski definition) is 3. The van der Waals surface area contributed by atoms with Crippen LogP contribution >= 0.6 is 0 Å². The molecule has 1 rings (SSSR count). The van der Waals surface area contributed by atoms with Crippen molar-refractivity contribution in [1.82, 2.24) is 9.62 Å². The van der Waals surface area contributed by atoms with Crippen LogP contribution in [0.15, 0.2) is 24.3 Å². The van der Waals surface area contributed by atoms with Gasteiger partial charge >= 0.3 is 0 Å². The standard InChI is InChI=1S/C18H32N2O2S/c1-7-20(23(6,21)22)14-8-13-19-15(2)16-9-11-17(12-10-16)18(3,4)5/h9-12,15,19H,7-8,13-14H2,1-6H3. The van der Waals surface area contributed by atoms with E-state index in [0.29, 0.717) is 13.1 Å². The van der Waals surface area contributed by atoms with E-state index in [1.807, 2.05) is 6.92 Å². The van der Waals surface area contributed by atoms with E-state index in [4.69, 9.17) is 0 Å². The van der Waals surface area contributed by atoms with Crippen molar-refractivity contribution < 1.29 is 8.42 Å². The van der Waals surface area contributed by atoms with Crippen LogP contribution in [0.2, 0.25) is 0 Å². The van der Waals surface area contributed by atoms with Crippen molar-refractivity contribution in [2.75, 3.05) is 25.9 Å². The van der Waals surface area contributed by atoms with Crippen LogP contribution in [-0.4, -0.2) is 38.6 Å². The van der Waals surface area contributed by atoms with E-state index in [9.17, 15) is 8.42 Å². The molecule has 4 nitrogen and oxygen atoms in total. The molecule has 5 heteroatoms. The van der Waals surface area contributed by atoms with Crippen molar-refractivity contribution in [1.29, 1.82) is 0 Å². The molecule has 0 radical (unpaired) electrons. The highest BCUT2D eigenvalue weighted by atomic mass is 32.2. The predicted octanol–water partition coefficient (Wildman–Crippen LogP) is 3.31. The molecule has 0 aliphatic heterocycles. The quantitative estimate of drug-likeness (QED) is 0.739. The molecule has 0 saturated heterocycles. The van der Waals surface area contributed by atoms with Gasteiger partial charge in [0.1, 0.15) is 0 Å². The van der Waals surface area contributed by atoms with Crippen LogP contribution < -0.4 is 5.32 Å². The summed E-state index contributed by atoms with van der Waals surface area (Å²) >= 11 is 0. The van der Waals surface area contributed by atoms with Gasteiger partial charge in [-0.25, -0.2) is 12.7 Å². The minimum absolute atomic E-state index is 0.171. The fraction of sp³-hybridized carbons (Fsp3) is 0.667. The third kappa shape index (κ3) is 6.61. The number of sulfonamides is 1. The molecule has 0 fully saturated rings. The average Bonchev–Trinajstić information content (AvgIpc) is 2.45. The molecule has 0 saturated carbocycles. The summed E-state index contributed by atoms with van der Waals surface area (Å²) in [6.45, 7) is 12.5. The van der Waals surface area contributed by atoms with Crippen molar-refractivity contribution >= 4 is 10.0 Å². The summed E-state index contributed by atoms with van der Waals surface area (Å²) in [7, 11) is -3.08. The fourth-order valence-corrected chi connectivity index (χ4v) is 3.45. The Balaban J connectivity index is 2.47. The predicted molar refractivity (Wildman–Crippen MR) is 98.3 cm³/mol. The first-order valence-corrected chi connectivity index (χ1v) is 10.2. The van der Waals surface area contributed by atoms with Gasteiger partial charge in [-0.1, -0.05) is 52.0 Å². The van der Waals surface area contributed by atoms with Gasteiger partial charge in [-0.05, 0) is 36.4 Å². The summed E-state index contributed by atoms with van der Waals surface area (Å²) < 4.78 is 24.6. The Kier molecular flexibility index (Phi) is 7.24. The molecule has 0 spiro atoms. The second-order valence-electron chi connectivity index (χ2n) is 7.16. The Morgan fingerprint density at radius 1 is 1.17 bits per heavy atom. The number of benzene rings is 1.